The molecule has 0 amide bonds. The minimum absolute atomic E-state index is 0.283. The molecule has 100 valence electrons. The first-order valence-electron chi connectivity index (χ1n) is 5.97. The van der Waals surface area contributed by atoms with Gasteiger partial charge in [0.05, 0.1) is 4.90 Å². The van der Waals surface area contributed by atoms with E-state index in [1.165, 1.54) is 0 Å². The highest BCUT2D eigenvalue weighted by molar-refractivity contribution is 9.10. The van der Waals surface area contributed by atoms with Gasteiger partial charge in [-0.3, -0.25) is 0 Å². The molecule has 1 aromatic carbocycles. The maximum atomic E-state index is 12.3. The van der Waals surface area contributed by atoms with Crippen molar-refractivity contribution >= 4 is 26.0 Å². The first-order chi connectivity index (χ1) is 8.47. The van der Waals surface area contributed by atoms with Gasteiger partial charge in [0.2, 0.25) is 10.0 Å². The van der Waals surface area contributed by atoms with E-state index >= 15 is 0 Å². The van der Waals surface area contributed by atoms with Crippen LogP contribution in [0.25, 0.3) is 0 Å². The van der Waals surface area contributed by atoms with E-state index in [1.54, 1.807) is 24.3 Å². The lowest BCUT2D eigenvalue weighted by Gasteiger charge is -2.28. The Morgan fingerprint density at radius 2 is 1.78 bits per heavy atom. The van der Waals surface area contributed by atoms with Crippen LogP contribution in [0.1, 0.15) is 25.7 Å². The Balaban J connectivity index is 2.24. The molecule has 0 spiro atoms. The van der Waals surface area contributed by atoms with Gasteiger partial charge in [-0.15, -0.1) is 0 Å². The molecule has 1 saturated carbocycles. The minimum atomic E-state index is -3.48. The third-order valence-electron chi connectivity index (χ3n) is 3.43. The summed E-state index contributed by atoms with van der Waals surface area (Å²) in [4.78, 5) is 0.283. The Morgan fingerprint density at radius 1 is 1.22 bits per heavy atom. The Morgan fingerprint density at radius 3 is 2.28 bits per heavy atom. The molecule has 0 heterocycles. The van der Waals surface area contributed by atoms with Crippen LogP contribution in [-0.4, -0.2) is 20.5 Å². The largest absolute Gasteiger partial charge is 0.329 e. The first-order valence-corrected chi connectivity index (χ1v) is 8.25. The summed E-state index contributed by atoms with van der Waals surface area (Å²) in [5.74, 6) is 0. The van der Waals surface area contributed by atoms with Crippen LogP contribution in [0.2, 0.25) is 0 Å². The summed E-state index contributed by atoms with van der Waals surface area (Å²) in [6, 6.07) is 6.62. The van der Waals surface area contributed by atoms with E-state index in [2.05, 4.69) is 20.7 Å². The van der Waals surface area contributed by atoms with Gasteiger partial charge in [0.15, 0.2) is 0 Å². The molecule has 1 aromatic rings. The highest BCUT2D eigenvalue weighted by Gasteiger charge is 2.36. The molecule has 1 aliphatic carbocycles. The fourth-order valence-corrected chi connectivity index (χ4v) is 4.09. The maximum Gasteiger partial charge on any atom is 0.241 e. The Bertz CT molecular complexity index is 507. The fourth-order valence-electron chi connectivity index (χ4n) is 2.36. The van der Waals surface area contributed by atoms with Crippen LogP contribution in [0.3, 0.4) is 0 Å². The second kappa shape index (κ2) is 5.28. The van der Waals surface area contributed by atoms with Gasteiger partial charge < -0.3 is 5.73 Å². The molecule has 0 saturated heterocycles. The second-order valence-corrected chi connectivity index (χ2v) is 7.35. The lowest BCUT2D eigenvalue weighted by molar-refractivity contribution is 0.399. The molecule has 3 N–H and O–H groups in total. The molecular weight excluding hydrogens is 316 g/mol. The molecule has 0 atom stereocenters. The van der Waals surface area contributed by atoms with Gasteiger partial charge in [-0.1, -0.05) is 28.8 Å². The highest BCUT2D eigenvalue weighted by Crippen LogP contribution is 2.30. The molecule has 2 rings (SSSR count). The predicted octanol–water partition coefficient (Wildman–Crippen LogP) is 2.00. The van der Waals surface area contributed by atoms with E-state index in [1.807, 2.05) is 0 Å². The van der Waals surface area contributed by atoms with E-state index in [0.29, 0.717) is 6.54 Å². The number of sulfonamides is 1. The number of nitrogens with one attached hydrogen (secondary N) is 1. The number of halogens is 1. The quantitative estimate of drug-likeness (QED) is 0.885. The van der Waals surface area contributed by atoms with Crippen molar-refractivity contribution in [3.63, 3.8) is 0 Å². The van der Waals surface area contributed by atoms with Crippen molar-refractivity contribution in [2.75, 3.05) is 6.54 Å². The lowest BCUT2D eigenvalue weighted by Crippen LogP contribution is -2.51. The Labute approximate surface area is 116 Å². The lowest BCUT2D eigenvalue weighted by atomic mass is 10.0. The SMILES string of the molecule is NCC1(NS(=O)(=O)c2ccc(Br)cc2)CCCC1. The van der Waals surface area contributed by atoms with Gasteiger partial charge in [-0.05, 0) is 37.1 Å². The predicted molar refractivity (Wildman–Crippen MR) is 74.7 cm³/mol. The maximum absolute atomic E-state index is 12.3. The molecule has 6 heteroatoms. The zero-order valence-electron chi connectivity index (χ0n) is 10.0. The highest BCUT2D eigenvalue weighted by atomic mass is 79.9. The van der Waals surface area contributed by atoms with E-state index in [4.69, 9.17) is 5.73 Å². The summed E-state index contributed by atoms with van der Waals surface area (Å²) in [6.45, 7) is 0.350. The summed E-state index contributed by atoms with van der Waals surface area (Å²) in [7, 11) is -3.48. The topological polar surface area (TPSA) is 72.2 Å². The van der Waals surface area contributed by atoms with Crippen LogP contribution in [0, 0.1) is 0 Å². The molecule has 1 aliphatic rings. The molecule has 1 fully saturated rings. The molecule has 0 unspecified atom stereocenters. The van der Waals surface area contributed by atoms with Crippen molar-refractivity contribution in [1.29, 1.82) is 0 Å². The number of benzene rings is 1. The fraction of sp³-hybridized carbons (Fsp3) is 0.500. The van der Waals surface area contributed by atoms with E-state index < -0.39 is 15.6 Å². The van der Waals surface area contributed by atoms with E-state index in [9.17, 15) is 8.42 Å². The van der Waals surface area contributed by atoms with Crippen molar-refractivity contribution in [3.8, 4) is 0 Å². The average Bonchev–Trinajstić information content (AvgIpc) is 2.78. The molecule has 18 heavy (non-hydrogen) atoms. The molecule has 0 aliphatic heterocycles. The van der Waals surface area contributed by atoms with Crippen molar-refractivity contribution in [1.82, 2.24) is 4.72 Å². The van der Waals surface area contributed by atoms with Crippen molar-refractivity contribution in [3.05, 3.63) is 28.7 Å². The third kappa shape index (κ3) is 2.93. The van der Waals surface area contributed by atoms with Crippen LogP contribution in [0.5, 0.6) is 0 Å². The summed E-state index contributed by atoms with van der Waals surface area (Å²) < 4.78 is 28.2. The van der Waals surface area contributed by atoms with Gasteiger partial charge in [0.25, 0.3) is 0 Å². The number of hydrogen-bond donors (Lipinski definition) is 2. The summed E-state index contributed by atoms with van der Waals surface area (Å²) in [5, 5.41) is 0. The minimum Gasteiger partial charge on any atom is -0.329 e. The summed E-state index contributed by atoms with van der Waals surface area (Å²) >= 11 is 3.29. The molecular formula is C12H17BrN2O2S. The van der Waals surface area contributed by atoms with Gasteiger partial charge in [0.1, 0.15) is 0 Å². The van der Waals surface area contributed by atoms with Crippen molar-refractivity contribution in [2.45, 2.75) is 36.1 Å². The van der Waals surface area contributed by atoms with E-state index in [-0.39, 0.29) is 4.90 Å². The average molecular weight is 333 g/mol. The van der Waals surface area contributed by atoms with Gasteiger partial charge in [-0.2, -0.15) is 0 Å². The number of rotatable bonds is 4. The normalized spacial score (nSPS) is 19.0. The number of nitrogens with two attached hydrogens (primary N) is 1. The van der Waals surface area contributed by atoms with Crippen LogP contribution in [0.15, 0.2) is 33.6 Å². The van der Waals surface area contributed by atoms with Crippen LogP contribution in [-0.2, 0) is 10.0 Å². The second-order valence-electron chi connectivity index (χ2n) is 4.75. The monoisotopic (exact) mass is 332 g/mol. The standard InChI is InChI=1S/C12H17BrN2O2S/c13-10-3-5-11(6-4-10)18(16,17)15-12(9-14)7-1-2-8-12/h3-6,15H,1-2,7-9,14H2. The Kier molecular flexibility index (Phi) is 4.11. The molecule has 0 bridgehead atoms. The Hall–Kier alpha value is -0.430. The zero-order valence-corrected chi connectivity index (χ0v) is 12.4. The molecule has 4 nitrogen and oxygen atoms in total. The first kappa shape index (κ1) is 14.0. The van der Waals surface area contributed by atoms with Gasteiger partial charge in [-0.25, -0.2) is 13.1 Å². The zero-order chi connectivity index (χ0) is 13.2. The van der Waals surface area contributed by atoms with E-state index in [0.717, 1.165) is 30.2 Å². The van der Waals surface area contributed by atoms with Crippen LogP contribution >= 0.6 is 15.9 Å². The summed E-state index contributed by atoms with van der Waals surface area (Å²) in [6.07, 6.45) is 3.69. The molecule has 0 aromatic heterocycles. The van der Waals surface area contributed by atoms with Crippen LogP contribution in [0.4, 0.5) is 0 Å². The van der Waals surface area contributed by atoms with Gasteiger partial charge >= 0.3 is 0 Å². The smallest absolute Gasteiger partial charge is 0.241 e. The van der Waals surface area contributed by atoms with Crippen molar-refractivity contribution < 1.29 is 8.42 Å². The number of hydrogen-bond acceptors (Lipinski definition) is 3. The van der Waals surface area contributed by atoms with Gasteiger partial charge in [0, 0.05) is 16.6 Å². The third-order valence-corrected chi connectivity index (χ3v) is 5.55. The van der Waals surface area contributed by atoms with Crippen molar-refractivity contribution in [2.24, 2.45) is 5.73 Å². The molecule has 0 radical (unpaired) electrons. The summed E-state index contributed by atoms with van der Waals surface area (Å²) in [5.41, 5.74) is 5.29. The van der Waals surface area contributed by atoms with Crippen LogP contribution < -0.4 is 10.5 Å².